The smallest absolute Gasteiger partial charge is 0.236 e. The van der Waals surface area contributed by atoms with Gasteiger partial charge in [-0.25, -0.2) is 0 Å². The molecule has 2 aliphatic heterocycles. The quantitative estimate of drug-likeness (QED) is 0.757. The molecular formula is C12H20N2O2. The normalized spacial score (nSPS) is 36.7. The van der Waals surface area contributed by atoms with E-state index in [4.69, 9.17) is 4.74 Å². The molecule has 0 aromatic heterocycles. The Morgan fingerprint density at radius 2 is 2.19 bits per heavy atom. The molecule has 0 aromatic rings. The summed E-state index contributed by atoms with van der Waals surface area (Å²) in [5.41, 5.74) is 0. The molecule has 2 bridgehead atoms. The highest BCUT2D eigenvalue weighted by Crippen LogP contribution is 2.34. The lowest BCUT2D eigenvalue weighted by atomic mass is 9.95. The Balaban J connectivity index is 1.44. The van der Waals surface area contributed by atoms with Crippen LogP contribution in [0.1, 0.15) is 32.1 Å². The van der Waals surface area contributed by atoms with Gasteiger partial charge in [0, 0.05) is 19.1 Å². The SMILES string of the molecule is CN(C(=O)CNC1CC2CCC1O2)C1CC1. The average Bonchev–Trinajstić information content (AvgIpc) is 2.94. The van der Waals surface area contributed by atoms with E-state index in [0.29, 0.717) is 30.8 Å². The van der Waals surface area contributed by atoms with Gasteiger partial charge in [0.15, 0.2) is 0 Å². The van der Waals surface area contributed by atoms with Gasteiger partial charge in [-0.1, -0.05) is 0 Å². The second-order valence-corrected chi connectivity index (χ2v) is 5.33. The maximum absolute atomic E-state index is 11.8. The van der Waals surface area contributed by atoms with Gasteiger partial charge in [-0.05, 0) is 32.1 Å². The summed E-state index contributed by atoms with van der Waals surface area (Å²) in [7, 11) is 1.92. The number of carbonyl (C=O) groups is 1. The average molecular weight is 224 g/mol. The molecule has 90 valence electrons. The van der Waals surface area contributed by atoms with Gasteiger partial charge in [0.05, 0.1) is 18.8 Å². The van der Waals surface area contributed by atoms with Gasteiger partial charge in [0.25, 0.3) is 0 Å². The lowest BCUT2D eigenvalue weighted by Crippen LogP contribution is -2.44. The zero-order chi connectivity index (χ0) is 11.1. The van der Waals surface area contributed by atoms with Gasteiger partial charge in [0.1, 0.15) is 0 Å². The van der Waals surface area contributed by atoms with Crippen molar-refractivity contribution in [1.82, 2.24) is 10.2 Å². The zero-order valence-electron chi connectivity index (χ0n) is 9.82. The van der Waals surface area contributed by atoms with Crippen LogP contribution in [-0.4, -0.2) is 48.7 Å². The van der Waals surface area contributed by atoms with Crippen molar-refractivity contribution >= 4 is 5.91 Å². The third-order valence-corrected chi connectivity index (χ3v) is 4.11. The molecule has 3 fully saturated rings. The fourth-order valence-electron chi connectivity index (χ4n) is 2.86. The molecule has 0 radical (unpaired) electrons. The molecule has 3 unspecified atom stereocenters. The van der Waals surface area contributed by atoms with Crippen LogP contribution in [0.4, 0.5) is 0 Å². The summed E-state index contributed by atoms with van der Waals surface area (Å²) in [6.45, 7) is 0.476. The third kappa shape index (κ3) is 1.96. The molecule has 0 spiro atoms. The number of hydrogen-bond donors (Lipinski definition) is 1. The lowest BCUT2D eigenvalue weighted by Gasteiger charge is -2.22. The Morgan fingerprint density at radius 3 is 2.75 bits per heavy atom. The molecule has 4 nitrogen and oxygen atoms in total. The van der Waals surface area contributed by atoms with Gasteiger partial charge >= 0.3 is 0 Å². The maximum atomic E-state index is 11.8. The Labute approximate surface area is 96.3 Å². The molecule has 2 saturated heterocycles. The number of amides is 1. The molecule has 4 heteroatoms. The number of rotatable bonds is 4. The van der Waals surface area contributed by atoms with Gasteiger partial charge in [-0.2, -0.15) is 0 Å². The van der Waals surface area contributed by atoms with Gasteiger partial charge < -0.3 is 15.0 Å². The van der Waals surface area contributed by atoms with Crippen molar-refractivity contribution in [2.45, 2.75) is 56.4 Å². The highest BCUT2D eigenvalue weighted by atomic mass is 16.5. The van der Waals surface area contributed by atoms with E-state index in [1.807, 2.05) is 11.9 Å². The molecule has 1 amide bonds. The number of nitrogens with zero attached hydrogens (tertiary/aromatic N) is 1. The van der Waals surface area contributed by atoms with E-state index in [1.54, 1.807) is 0 Å². The molecule has 3 atom stereocenters. The third-order valence-electron chi connectivity index (χ3n) is 4.11. The van der Waals surface area contributed by atoms with Crippen molar-refractivity contribution in [3.63, 3.8) is 0 Å². The van der Waals surface area contributed by atoms with E-state index in [9.17, 15) is 4.79 Å². The monoisotopic (exact) mass is 224 g/mol. The van der Waals surface area contributed by atoms with Crippen molar-refractivity contribution in [2.75, 3.05) is 13.6 Å². The predicted octanol–water partition coefficient (Wildman–Crippen LogP) is 0.517. The molecule has 2 heterocycles. The second kappa shape index (κ2) is 4.00. The number of fused-ring (bicyclic) bond motifs is 2. The fourth-order valence-corrected chi connectivity index (χ4v) is 2.86. The number of likely N-dealkylation sites (N-methyl/N-ethyl adjacent to an activating group) is 1. The standard InChI is InChI=1S/C12H20N2O2/c1-14(8-2-3-8)12(15)7-13-10-6-9-4-5-11(10)16-9/h8-11,13H,2-7H2,1H3. The summed E-state index contributed by atoms with van der Waals surface area (Å²) in [6, 6.07) is 0.931. The fraction of sp³-hybridized carbons (Fsp3) is 0.917. The Kier molecular flexibility index (Phi) is 2.64. The Morgan fingerprint density at radius 1 is 1.38 bits per heavy atom. The molecule has 16 heavy (non-hydrogen) atoms. The first-order chi connectivity index (χ1) is 7.74. The van der Waals surface area contributed by atoms with Crippen molar-refractivity contribution < 1.29 is 9.53 Å². The molecule has 1 aliphatic carbocycles. The zero-order valence-corrected chi connectivity index (χ0v) is 9.82. The van der Waals surface area contributed by atoms with Crippen LogP contribution in [0.2, 0.25) is 0 Å². The largest absolute Gasteiger partial charge is 0.373 e. The van der Waals surface area contributed by atoms with Crippen molar-refractivity contribution in [3.8, 4) is 0 Å². The van der Waals surface area contributed by atoms with E-state index in [1.165, 1.54) is 19.3 Å². The first-order valence-corrected chi connectivity index (χ1v) is 6.38. The minimum atomic E-state index is 0.227. The summed E-state index contributed by atoms with van der Waals surface area (Å²) in [5.74, 6) is 0.227. The van der Waals surface area contributed by atoms with Gasteiger partial charge in [-0.3, -0.25) is 4.79 Å². The van der Waals surface area contributed by atoms with E-state index >= 15 is 0 Å². The minimum absolute atomic E-state index is 0.227. The molecule has 0 aromatic carbocycles. The van der Waals surface area contributed by atoms with Crippen LogP contribution in [-0.2, 0) is 9.53 Å². The Hall–Kier alpha value is -0.610. The van der Waals surface area contributed by atoms with Crippen LogP contribution in [0.5, 0.6) is 0 Å². The predicted molar refractivity (Wildman–Crippen MR) is 60.1 cm³/mol. The van der Waals surface area contributed by atoms with Crippen LogP contribution < -0.4 is 5.32 Å². The summed E-state index contributed by atoms with van der Waals surface area (Å²) in [6.07, 6.45) is 6.64. The van der Waals surface area contributed by atoms with Gasteiger partial charge in [0.2, 0.25) is 5.91 Å². The summed E-state index contributed by atoms with van der Waals surface area (Å²) in [5, 5.41) is 3.36. The highest BCUT2D eigenvalue weighted by Gasteiger charge is 2.40. The first kappa shape index (κ1) is 10.5. The molecule has 3 rings (SSSR count). The van der Waals surface area contributed by atoms with Crippen LogP contribution in [0.15, 0.2) is 0 Å². The maximum Gasteiger partial charge on any atom is 0.236 e. The summed E-state index contributed by atoms with van der Waals surface area (Å²) < 4.78 is 5.75. The Bertz CT molecular complexity index is 291. The molecule has 1 N–H and O–H groups in total. The van der Waals surface area contributed by atoms with Crippen LogP contribution in [0.3, 0.4) is 0 Å². The van der Waals surface area contributed by atoms with Crippen LogP contribution in [0.25, 0.3) is 0 Å². The van der Waals surface area contributed by atoms with Crippen molar-refractivity contribution in [1.29, 1.82) is 0 Å². The summed E-state index contributed by atoms with van der Waals surface area (Å²) in [4.78, 5) is 13.7. The molecule has 1 saturated carbocycles. The van der Waals surface area contributed by atoms with Gasteiger partial charge in [-0.15, -0.1) is 0 Å². The lowest BCUT2D eigenvalue weighted by molar-refractivity contribution is -0.129. The molecular weight excluding hydrogens is 204 g/mol. The number of ether oxygens (including phenoxy) is 1. The van der Waals surface area contributed by atoms with Crippen LogP contribution in [0, 0.1) is 0 Å². The van der Waals surface area contributed by atoms with Crippen molar-refractivity contribution in [3.05, 3.63) is 0 Å². The summed E-state index contributed by atoms with van der Waals surface area (Å²) >= 11 is 0. The topological polar surface area (TPSA) is 41.6 Å². The highest BCUT2D eigenvalue weighted by molar-refractivity contribution is 5.78. The van der Waals surface area contributed by atoms with E-state index in [2.05, 4.69) is 5.32 Å². The number of nitrogens with one attached hydrogen (secondary N) is 1. The van der Waals surface area contributed by atoms with Crippen molar-refractivity contribution in [2.24, 2.45) is 0 Å². The van der Waals surface area contributed by atoms with E-state index in [0.717, 1.165) is 12.8 Å². The van der Waals surface area contributed by atoms with E-state index < -0.39 is 0 Å². The number of hydrogen-bond acceptors (Lipinski definition) is 3. The first-order valence-electron chi connectivity index (χ1n) is 6.38. The molecule has 3 aliphatic rings. The second-order valence-electron chi connectivity index (χ2n) is 5.33. The minimum Gasteiger partial charge on any atom is -0.373 e. The van der Waals surface area contributed by atoms with E-state index in [-0.39, 0.29) is 5.91 Å². The van der Waals surface area contributed by atoms with Crippen LogP contribution >= 0.6 is 0 Å². The number of carbonyl (C=O) groups excluding carboxylic acids is 1.